The highest BCUT2D eigenvalue weighted by Crippen LogP contribution is 2.32. The molecule has 12 heteroatoms. The summed E-state index contributed by atoms with van der Waals surface area (Å²) in [5.74, 6) is -1.03. The van der Waals surface area contributed by atoms with Crippen molar-refractivity contribution in [2.75, 3.05) is 26.2 Å². The van der Waals surface area contributed by atoms with Crippen LogP contribution in [0.15, 0.2) is 91.6 Å². The van der Waals surface area contributed by atoms with Crippen molar-refractivity contribution in [2.45, 2.75) is 64.2 Å². The number of hydrazine groups is 1. The van der Waals surface area contributed by atoms with Gasteiger partial charge in [0.25, 0.3) is 0 Å². The summed E-state index contributed by atoms with van der Waals surface area (Å²) in [7, 11) is 1.86. The Kier molecular flexibility index (Phi) is 11.9. The van der Waals surface area contributed by atoms with Crippen LogP contribution in [-0.4, -0.2) is 97.4 Å². The Morgan fingerprint density at radius 1 is 0.944 bits per heavy atom. The first-order chi connectivity index (χ1) is 26.1. The molecule has 3 amide bonds. The molecule has 0 radical (unpaired) electrons. The average Bonchev–Trinajstić information content (AvgIpc) is 3.50. The second-order valence-electron chi connectivity index (χ2n) is 13.8. The first kappa shape index (κ1) is 38.0. The van der Waals surface area contributed by atoms with Crippen molar-refractivity contribution in [3.63, 3.8) is 0 Å². The van der Waals surface area contributed by atoms with Crippen LogP contribution in [0.3, 0.4) is 0 Å². The molecule has 2 fully saturated rings. The maximum atomic E-state index is 14.6. The predicted molar refractivity (Wildman–Crippen MR) is 203 cm³/mol. The minimum atomic E-state index is -0.916. The third kappa shape index (κ3) is 8.23. The van der Waals surface area contributed by atoms with Gasteiger partial charge in [-0.25, -0.2) is 10.0 Å². The number of carbonyl (C=O) groups excluding carboxylic acids is 5. The number of carbonyl (C=O) groups is 5. The van der Waals surface area contributed by atoms with Crippen LogP contribution in [0.25, 0.3) is 10.9 Å². The topological polar surface area (TPSA) is 133 Å². The number of ether oxygens (including phenoxy) is 1. The number of hydrogen-bond donors (Lipinski definition) is 1. The molecule has 3 aromatic carbocycles. The molecule has 2 aliphatic rings. The first-order valence-electron chi connectivity index (χ1n) is 18.4. The number of aryl methyl sites for hydroxylation is 2. The monoisotopic (exact) mass is 733 g/mol. The molecule has 1 aromatic heterocycles. The Morgan fingerprint density at radius 3 is 2.43 bits per heavy atom. The van der Waals surface area contributed by atoms with Crippen LogP contribution in [-0.2, 0) is 50.3 Å². The van der Waals surface area contributed by atoms with E-state index in [-0.39, 0.29) is 87.1 Å². The Balaban J connectivity index is 1.33. The van der Waals surface area contributed by atoms with Gasteiger partial charge in [0.2, 0.25) is 17.7 Å². The van der Waals surface area contributed by atoms with Crippen molar-refractivity contribution >= 4 is 40.4 Å². The quantitative estimate of drug-likeness (QED) is 0.105. The summed E-state index contributed by atoms with van der Waals surface area (Å²) in [5.41, 5.74) is 3.90. The minimum absolute atomic E-state index is 0.0713. The molecule has 2 atom stereocenters. The van der Waals surface area contributed by atoms with Gasteiger partial charge in [0.05, 0.1) is 25.2 Å². The van der Waals surface area contributed by atoms with Crippen molar-refractivity contribution in [2.24, 2.45) is 7.05 Å². The lowest BCUT2D eigenvalue weighted by atomic mass is 9.97. The molecule has 0 unspecified atom stereocenters. The molecule has 54 heavy (non-hydrogen) atoms. The van der Waals surface area contributed by atoms with Crippen LogP contribution in [0.4, 0.5) is 0 Å². The fourth-order valence-electron chi connectivity index (χ4n) is 7.64. The Bertz CT molecular complexity index is 2030. The van der Waals surface area contributed by atoms with Crippen molar-refractivity contribution < 1.29 is 33.8 Å². The van der Waals surface area contributed by atoms with E-state index < -0.39 is 12.2 Å². The van der Waals surface area contributed by atoms with Crippen LogP contribution < -0.4 is 0 Å². The standard InChI is InChI=1S/C42H47N5O7/c1-4-23-45-28-39(51)46-35(24-30-17-20-32(48)21-18-30)42(53)44(27-37(46)47(45)38(50)22-19-29-11-7-6-8-12-29)25-31-13-9-14-33-34(26-43(3)41(31)33)36(49)15-10-16-40(52)54-5-2/h4,6-9,11-14,17-18,20-21,26,35,37,48H,1,5,10,15-16,19,22-25,27-28H2,2-3H3/t35-,37-/m0/s1. The SMILES string of the molecule is C=CCN1CC(=O)N2[C@@H](Cc3ccc(O)cc3)C(=O)N(Cc3cccc4c(C(=O)CCCC(=O)OCC)cn(C)c34)C[C@@H]2N1C(=O)CCc1ccccc1. The molecule has 0 saturated carbocycles. The summed E-state index contributed by atoms with van der Waals surface area (Å²) >= 11 is 0. The number of phenolic OH excluding ortho intramolecular Hbond substituents is 1. The smallest absolute Gasteiger partial charge is 0.305 e. The highest BCUT2D eigenvalue weighted by Gasteiger charge is 2.51. The first-order valence-corrected chi connectivity index (χ1v) is 18.4. The van der Waals surface area contributed by atoms with Gasteiger partial charge in [-0.3, -0.25) is 24.0 Å². The van der Waals surface area contributed by atoms with Gasteiger partial charge in [0.15, 0.2) is 5.78 Å². The number of nitrogens with zero attached hydrogens (tertiary/aromatic N) is 5. The second-order valence-corrected chi connectivity index (χ2v) is 13.8. The average molecular weight is 734 g/mol. The van der Waals surface area contributed by atoms with E-state index in [9.17, 15) is 29.1 Å². The maximum Gasteiger partial charge on any atom is 0.305 e. The zero-order chi connectivity index (χ0) is 38.4. The highest BCUT2D eigenvalue weighted by molar-refractivity contribution is 6.08. The number of Topliss-reactive ketones (excluding diaryl/α,β-unsaturated/α-hetero) is 1. The molecular formula is C42H47N5O7. The number of esters is 1. The van der Waals surface area contributed by atoms with E-state index >= 15 is 0 Å². The zero-order valence-electron chi connectivity index (χ0n) is 30.9. The fraction of sp³-hybridized carbons (Fsp3) is 0.357. The summed E-state index contributed by atoms with van der Waals surface area (Å²) in [5, 5.41) is 14.0. The third-order valence-corrected chi connectivity index (χ3v) is 10.1. The van der Waals surface area contributed by atoms with E-state index in [0.717, 1.165) is 27.6 Å². The lowest BCUT2D eigenvalue weighted by molar-refractivity contribution is -0.205. The lowest BCUT2D eigenvalue weighted by Crippen LogP contribution is -2.75. The number of aromatic hydroxyl groups is 1. The second kappa shape index (κ2) is 16.9. The summed E-state index contributed by atoms with van der Waals surface area (Å²) in [6.45, 7) is 6.34. The summed E-state index contributed by atoms with van der Waals surface area (Å²) in [6, 6.07) is 21.0. The number of benzene rings is 3. The number of amides is 3. The van der Waals surface area contributed by atoms with Crippen LogP contribution in [0.5, 0.6) is 5.75 Å². The van der Waals surface area contributed by atoms with Gasteiger partial charge in [0.1, 0.15) is 18.0 Å². The van der Waals surface area contributed by atoms with Crippen LogP contribution >= 0.6 is 0 Å². The van der Waals surface area contributed by atoms with Crippen LogP contribution in [0.1, 0.15) is 59.7 Å². The molecule has 0 bridgehead atoms. The number of aromatic nitrogens is 1. The third-order valence-electron chi connectivity index (χ3n) is 10.1. The van der Waals surface area contributed by atoms with Gasteiger partial charge in [0, 0.05) is 63.0 Å². The Labute approximate surface area is 315 Å². The zero-order valence-corrected chi connectivity index (χ0v) is 30.9. The molecule has 6 rings (SSSR count). The summed E-state index contributed by atoms with van der Waals surface area (Å²) < 4.78 is 6.89. The molecule has 2 aliphatic heterocycles. The number of fused-ring (bicyclic) bond motifs is 2. The van der Waals surface area contributed by atoms with E-state index in [1.807, 2.05) is 60.1 Å². The largest absolute Gasteiger partial charge is 0.508 e. The highest BCUT2D eigenvalue weighted by atomic mass is 16.5. The molecule has 12 nitrogen and oxygen atoms in total. The van der Waals surface area contributed by atoms with Gasteiger partial charge in [-0.15, -0.1) is 6.58 Å². The van der Waals surface area contributed by atoms with Gasteiger partial charge >= 0.3 is 5.97 Å². The molecule has 4 aromatic rings. The predicted octanol–water partition coefficient (Wildman–Crippen LogP) is 4.79. The van der Waals surface area contributed by atoms with Gasteiger partial charge in [-0.1, -0.05) is 66.7 Å². The molecule has 1 N–H and O–H groups in total. The van der Waals surface area contributed by atoms with Gasteiger partial charge < -0.3 is 24.2 Å². The molecule has 282 valence electrons. The fourth-order valence-corrected chi connectivity index (χ4v) is 7.64. The molecular weight excluding hydrogens is 686 g/mol. The molecule has 0 spiro atoms. The lowest BCUT2D eigenvalue weighted by Gasteiger charge is -2.55. The van der Waals surface area contributed by atoms with E-state index in [1.54, 1.807) is 63.3 Å². The van der Waals surface area contributed by atoms with Gasteiger partial charge in [-0.2, -0.15) is 0 Å². The number of ketones is 1. The Morgan fingerprint density at radius 2 is 1.70 bits per heavy atom. The van der Waals surface area contributed by atoms with Gasteiger partial charge in [-0.05, 0) is 48.6 Å². The van der Waals surface area contributed by atoms with Crippen LogP contribution in [0.2, 0.25) is 0 Å². The summed E-state index contributed by atoms with van der Waals surface area (Å²) in [6.07, 6.45) is 4.28. The van der Waals surface area contributed by atoms with E-state index in [4.69, 9.17) is 4.74 Å². The van der Waals surface area contributed by atoms with E-state index in [0.29, 0.717) is 25.0 Å². The van der Waals surface area contributed by atoms with Crippen molar-refractivity contribution in [1.82, 2.24) is 24.4 Å². The van der Waals surface area contributed by atoms with E-state index in [1.165, 1.54) is 0 Å². The molecule has 3 heterocycles. The molecule has 2 saturated heterocycles. The summed E-state index contributed by atoms with van der Waals surface area (Å²) in [4.78, 5) is 71.3. The normalized spacial score (nSPS) is 17.5. The van der Waals surface area contributed by atoms with E-state index in [2.05, 4.69) is 6.58 Å². The van der Waals surface area contributed by atoms with Crippen molar-refractivity contribution in [3.05, 3.63) is 114 Å². The van der Waals surface area contributed by atoms with Crippen molar-refractivity contribution in [1.29, 1.82) is 0 Å². The van der Waals surface area contributed by atoms with Crippen LogP contribution in [0, 0.1) is 0 Å². The number of piperazine rings is 1. The number of rotatable bonds is 15. The molecule has 0 aliphatic carbocycles. The number of hydrogen-bond acceptors (Lipinski definition) is 8. The Hall–Kier alpha value is -5.75. The number of para-hydroxylation sites is 1. The maximum absolute atomic E-state index is 14.6. The van der Waals surface area contributed by atoms with Crippen molar-refractivity contribution in [3.8, 4) is 5.75 Å². The number of phenols is 1. The minimum Gasteiger partial charge on any atom is -0.508 e.